The molecule has 1 heterocycles. The van der Waals surface area contributed by atoms with E-state index in [2.05, 4.69) is 10.3 Å². The van der Waals surface area contributed by atoms with Crippen LogP contribution in [0, 0.1) is 5.41 Å². The van der Waals surface area contributed by atoms with Gasteiger partial charge in [0.1, 0.15) is 5.52 Å². The highest BCUT2D eigenvalue weighted by molar-refractivity contribution is 5.96. The summed E-state index contributed by atoms with van der Waals surface area (Å²) in [7, 11) is 0. The van der Waals surface area contributed by atoms with Crippen molar-refractivity contribution < 1.29 is 9.21 Å². The summed E-state index contributed by atoms with van der Waals surface area (Å²) in [6.45, 7) is 1.28. The van der Waals surface area contributed by atoms with E-state index in [1.807, 2.05) is 0 Å². The Kier molecular flexibility index (Phi) is 2.98. The van der Waals surface area contributed by atoms with Crippen molar-refractivity contribution in [2.75, 3.05) is 13.1 Å². The Morgan fingerprint density at radius 2 is 2.32 bits per heavy atom. The first-order chi connectivity index (χ1) is 9.22. The van der Waals surface area contributed by atoms with Crippen LogP contribution in [0.25, 0.3) is 11.1 Å². The number of fused-ring (bicyclic) bond motifs is 1. The van der Waals surface area contributed by atoms with E-state index < -0.39 is 0 Å². The molecule has 3 rings (SSSR count). The molecule has 2 aromatic rings. The van der Waals surface area contributed by atoms with Gasteiger partial charge in [-0.25, -0.2) is 4.98 Å². The fraction of sp³-hybridized carbons (Fsp3) is 0.429. The lowest BCUT2D eigenvalue weighted by molar-refractivity contribution is 0.0876. The van der Waals surface area contributed by atoms with Gasteiger partial charge in [0.05, 0.1) is 0 Å². The second-order valence-corrected chi connectivity index (χ2v) is 5.28. The number of carbonyl (C=O) groups excluding carboxylic acids is 1. The van der Waals surface area contributed by atoms with Crippen molar-refractivity contribution in [3.8, 4) is 0 Å². The number of amides is 1. The Balaban J connectivity index is 1.69. The van der Waals surface area contributed by atoms with Crippen LogP contribution in [0.1, 0.15) is 29.6 Å². The first-order valence-electron chi connectivity index (χ1n) is 6.54. The van der Waals surface area contributed by atoms with Crippen molar-refractivity contribution >= 4 is 17.0 Å². The molecule has 5 nitrogen and oxygen atoms in total. The zero-order valence-electron chi connectivity index (χ0n) is 10.7. The van der Waals surface area contributed by atoms with Crippen LogP contribution in [0.3, 0.4) is 0 Å². The normalized spacial score (nSPS) is 17.1. The molecule has 0 atom stereocenters. The third kappa shape index (κ3) is 2.21. The van der Waals surface area contributed by atoms with Crippen LogP contribution in [-0.4, -0.2) is 24.0 Å². The number of hydrogen-bond donors (Lipinski definition) is 2. The van der Waals surface area contributed by atoms with Crippen LogP contribution in [0.5, 0.6) is 0 Å². The predicted octanol–water partition coefficient (Wildman–Crippen LogP) is 1.69. The van der Waals surface area contributed by atoms with E-state index in [1.54, 1.807) is 18.2 Å². The minimum Gasteiger partial charge on any atom is -0.443 e. The fourth-order valence-corrected chi connectivity index (χ4v) is 2.50. The van der Waals surface area contributed by atoms with Gasteiger partial charge < -0.3 is 15.5 Å². The molecule has 0 bridgehead atoms. The maximum absolute atomic E-state index is 12.1. The van der Waals surface area contributed by atoms with Gasteiger partial charge in [-0.2, -0.15) is 0 Å². The second kappa shape index (κ2) is 4.66. The Hall–Kier alpha value is -1.88. The number of oxazole rings is 1. The van der Waals surface area contributed by atoms with Crippen LogP contribution in [0.15, 0.2) is 29.0 Å². The van der Waals surface area contributed by atoms with E-state index in [4.69, 9.17) is 10.2 Å². The first kappa shape index (κ1) is 12.2. The summed E-state index contributed by atoms with van der Waals surface area (Å²) in [6, 6.07) is 5.26. The monoisotopic (exact) mass is 259 g/mol. The predicted molar refractivity (Wildman–Crippen MR) is 71.7 cm³/mol. The van der Waals surface area contributed by atoms with E-state index in [9.17, 15) is 4.79 Å². The minimum absolute atomic E-state index is 0.0852. The van der Waals surface area contributed by atoms with E-state index >= 15 is 0 Å². The maximum atomic E-state index is 12.1. The number of benzene rings is 1. The zero-order chi connectivity index (χ0) is 13.3. The molecule has 0 spiro atoms. The summed E-state index contributed by atoms with van der Waals surface area (Å²) < 4.78 is 5.20. The highest BCUT2D eigenvalue weighted by atomic mass is 16.3. The molecule has 1 aromatic heterocycles. The van der Waals surface area contributed by atoms with Crippen LogP contribution >= 0.6 is 0 Å². The molecule has 0 unspecified atom stereocenters. The van der Waals surface area contributed by atoms with Gasteiger partial charge >= 0.3 is 0 Å². The molecule has 19 heavy (non-hydrogen) atoms. The van der Waals surface area contributed by atoms with Crippen molar-refractivity contribution in [3.05, 3.63) is 30.2 Å². The topological polar surface area (TPSA) is 81.1 Å². The fourth-order valence-electron chi connectivity index (χ4n) is 2.50. The highest BCUT2D eigenvalue weighted by Crippen LogP contribution is 2.39. The molecule has 100 valence electrons. The van der Waals surface area contributed by atoms with E-state index in [-0.39, 0.29) is 11.3 Å². The summed E-state index contributed by atoms with van der Waals surface area (Å²) in [5.74, 6) is -0.0852. The van der Waals surface area contributed by atoms with Gasteiger partial charge in [0.25, 0.3) is 5.91 Å². The molecule has 1 aliphatic rings. The minimum atomic E-state index is -0.0852. The molecule has 1 aliphatic carbocycles. The van der Waals surface area contributed by atoms with Crippen molar-refractivity contribution in [2.45, 2.75) is 19.3 Å². The van der Waals surface area contributed by atoms with Gasteiger partial charge in [0, 0.05) is 12.1 Å². The number of rotatable bonds is 4. The molecule has 5 heteroatoms. The van der Waals surface area contributed by atoms with Gasteiger partial charge in [-0.05, 0) is 43.0 Å². The molecule has 0 radical (unpaired) electrons. The molecular weight excluding hydrogens is 242 g/mol. The van der Waals surface area contributed by atoms with Crippen molar-refractivity contribution in [1.82, 2.24) is 10.3 Å². The summed E-state index contributed by atoms with van der Waals surface area (Å²) in [4.78, 5) is 16.1. The van der Waals surface area contributed by atoms with Gasteiger partial charge in [-0.15, -0.1) is 0 Å². The Labute approximate surface area is 111 Å². The molecule has 1 fully saturated rings. The van der Waals surface area contributed by atoms with Crippen molar-refractivity contribution in [2.24, 2.45) is 11.1 Å². The number of carbonyl (C=O) groups is 1. The van der Waals surface area contributed by atoms with Crippen LogP contribution in [-0.2, 0) is 0 Å². The molecule has 0 aliphatic heterocycles. The average Bonchev–Trinajstić information content (AvgIpc) is 2.84. The summed E-state index contributed by atoms with van der Waals surface area (Å²) in [5, 5.41) is 2.97. The van der Waals surface area contributed by atoms with E-state index in [0.29, 0.717) is 24.2 Å². The van der Waals surface area contributed by atoms with Crippen LogP contribution in [0.2, 0.25) is 0 Å². The van der Waals surface area contributed by atoms with Gasteiger partial charge in [-0.1, -0.05) is 6.42 Å². The van der Waals surface area contributed by atoms with E-state index in [0.717, 1.165) is 18.4 Å². The lowest BCUT2D eigenvalue weighted by Crippen LogP contribution is -2.46. The lowest BCUT2D eigenvalue weighted by atomic mass is 9.69. The zero-order valence-corrected chi connectivity index (χ0v) is 10.7. The molecular formula is C14H17N3O2. The third-order valence-electron chi connectivity index (χ3n) is 4.06. The largest absolute Gasteiger partial charge is 0.443 e. The molecule has 1 amide bonds. The standard InChI is InChI=1S/C14H17N3O2/c15-7-14(4-1-5-14)8-16-13(18)10-2-3-11-12(6-10)19-9-17-11/h2-3,6,9H,1,4-5,7-8,15H2,(H,16,18). The molecule has 0 saturated heterocycles. The van der Waals surface area contributed by atoms with Gasteiger partial charge in [0.15, 0.2) is 12.0 Å². The van der Waals surface area contributed by atoms with E-state index in [1.165, 1.54) is 12.8 Å². The lowest BCUT2D eigenvalue weighted by Gasteiger charge is -2.41. The number of hydrogen-bond acceptors (Lipinski definition) is 4. The SMILES string of the molecule is NCC1(CNC(=O)c2ccc3ncoc3c2)CCC1. The number of nitrogens with one attached hydrogen (secondary N) is 1. The van der Waals surface area contributed by atoms with Gasteiger partial charge in [0.2, 0.25) is 0 Å². The Bertz CT molecular complexity index is 596. The summed E-state index contributed by atoms with van der Waals surface area (Å²) in [6.07, 6.45) is 4.79. The third-order valence-corrected chi connectivity index (χ3v) is 4.06. The average molecular weight is 259 g/mol. The first-order valence-corrected chi connectivity index (χ1v) is 6.54. The maximum Gasteiger partial charge on any atom is 0.251 e. The Morgan fingerprint density at radius 1 is 1.47 bits per heavy atom. The van der Waals surface area contributed by atoms with Crippen LogP contribution in [0.4, 0.5) is 0 Å². The summed E-state index contributed by atoms with van der Waals surface area (Å²) in [5.41, 5.74) is 7.88. The quantitative estimate of drug-likeness (QED) is 0.875. The second-order valence-electron chi connectivity index (χ2n) is 5.28. The van der Waals surface area contributed by atoms with Crippen molar-refractivity contribution in [1.29, 1.82) is 0 Å². The Morgan fingerprint density at radius 3 is 3.00 bits per heavy atom. The molecule has 1 aromatic carbocycles. The van der Waals surface area contributed by atoms with Crippen LogP contribution < -0.4 is 11.1 Å². The number of aromatic nitrogens is 1. The molecule has 1 saturated carbocycles. The number of nitrogens with zero attached hydrogens (tertiary/aromatic N) is 1. The summed E-state index contributed by atoms with van der Waals surface area (Å²) >= 11 is 0. The highest BCUT2D eigenvalue weighted by Gasteiger charge is 2.35. The number of nitrogens with two attached hydrogens (primary N) is 1. The smallest absolute Gasteiger partial charge is 0.251 e. The van der Waals surface area contributed by atoms with Crippen molar-refractivity contribution in [3.63, 3.8) is 0 Å². The van der Waals surface area contributed by atoms with Gasteiger partial charge in [-0.3, -0.25) is 4.79 Å². The molecule has 3 N–H and O–H groups in total.